The fourth-order valence-corrected chi connectivity index (χ4v) is 1.16. The number of carbonyl (C=O) groups excluding carboxylic acids is 1. The van der Waals surface area contributed by atoms with Crippen LogP contribution in [0.2, 0.25) is 0 Å². The smallest absolute Gasteiger partial charge is 0.313 e. The Bertz CT molecular complexity index is 192. The molecule has 0 saturated carbocycles. The molecule has 0 aromatic carbocycles. The third-order valence-electron chi connectivity index (χ3n) is 1.89. The molecule has 0 amide bonds. The minimum absolute atomic E-state index is 0.133. The average molecular weight is 196 g/mol. The Morgan fingerprint density at radius 2 is 2.15 bits per heavy atom. The number of hydrogen-bond acceptors (Lipinski definition) is 3. The maximum absolute atomic E-state index is 12.5. The van der Waals surface area contributed by atoms with Crippen LogP contribution in [0.5, 0.6) is 0 Å². The van der Waals surface area contributed by atoms with Gasteiger partial charge in [-0.05, 0) is 0 Å². The molecule has 0 aliphatic carbocycles. The van der Waals surface area contributed by atoms with E-state index in [1.54, 1.807) is 0 Å². The second-order valence-corrected chi connectivity index (χ2v) is 2.91. The second-order valence-electron chi connectivity index (χ2n) is 2.91. The molecule has 1 saturated heterocycles. The average Bonchev–Trinajstić information content (AvgIpc) is 2.18. The molecule has 0 spiro atoms. The monoisotopic (exact) mass is 196 g/mol. The molecule has 2 N–H and O–H groups in total. The van der Waals surface area contributed by atoms with Gasteiger partial charge in [0.25, 0.3) is 0 Å². The van der Waals surface area contributed by atoms with Gasteiger partial charge in [-0.3, -0.25) is 4.79 Å². The summed E-state index contributed by atoms with van der Waals surface area (Å²) < 4.78 is 36.8. The Morgan fingerprint density at radius 3 is 2.62 bits per heavy atom. The molecule has 1 atom stereocenters. The molecule has 0 aromatic heterocycles. The van der Waals surface area contributed by atoms with Crippen LogP contribution in [0.15, 0.2) is 0 Å². The molecule has 76 valence electrons. The number of alkyl halides is 3. The Hall–Kier alpha value is -0.620. The van der Waals surface area contributed by atoms with Crippen molar-refractivity contribution in [3.8, 4) is 0 Å². The first-order valence-corrected chi connectivity index (χ1v) is 4.00. The Kier molecular flexibility index (Phi) is 3.27. The summed E-state index contributed by atoms with van der Waals surface area (Å²) in [4.78, 5) is 11.0. The highest BCUT2D eigenvalue weighted by Gasteiger charge is 2.43. The van der Waals surface area contributed by atoms with E-state index in [9.17, 15) is 18.0 Å². The number of halogens is 3. The van der Waals surface area contributed by atoms with E-state index in [0.29, 0.717) is 13.1 Å². The van der Waals surface area contributed by atoms with Crippen LogP contribution in [0.4, 0.5) is 13.2 Å². The number of carbonyl (C=O) groups is 1. The van der Waals surface area contributed by atoms with Gasteiger partial charge in [-0.25, -0.2) is 4.39 Å². The number of rotatable bonds is 3. The molecular formula is C7H11F3N2O. The van der Waals surface area contributed by atoms with Crippen LogP contribution in [-0.4, -0.2) is 44.1 Å². The van der Waals surface area contributed by atoms with Gasteiger partial charge in [0.05, 0.1) is 6.04 Å². The van der Waals surface area contributed by atoms with Gasteiger partial charge in [0.15, 0.2) is 6.67 Å². The quantitative estimate of drug-likeness (QED) is 0.652. The normalized spacial score (nSPS) is 24.4. The molecule has 1 aliphatic heterocycles. The zero-order valence-electron chi connectivity index (χ0n) is 6.95. The minimum atomic E-state index is -3.85. The van der Waals surface area contributed by atoms with Crippen LogP contribution in [0.3, 0.4) is 0 Å². The molecule has 3 nitrogen and oxygen atoms in total. The van der Waals surface area contributed by atoms with Crippen LogP contribution in [0, 0.1) is 0 Å². The highest BCUT2D eigenvalue weighted by atomic mass is 19.3. The lowest BCUT2D eigenvalue weighted by Crippen LogP contribution is -2.56. The molecule has 1 unspecified atom stereocenters. The Balaban J connectivity index is 2.55. The summed E-state index contributed by atoms with van der Waals surface area (Å²) in [7, 11) is 0. The lowest BCUT2D eigenvalue weighted by atomic mass is 10.1. The van der Waals surface area contributed by atoms with Gasteiger partial charge in [-0.15, -0.1) is 0 Å². The van der Waals surface area contributed by atoms with Crippen molar-refractivity contribution in [3.05, 3.63) is 0 Å². The van der Waals surface area contributed by atoms with Crippen molar-refractivity contribution in [2.24, 2.45) is 0 Å². The highest BCUT2D eigenvalue weighted by molar-refractivity contribution is 5.91. The Labute approximate surface area is 73.7 Å². The molecule has 6 heteroatoms. The number of ketones is 1. The zero-order chi connectivity index (χ0) is 9.90. The van der Waals surface area contributed by atoms with Crippen LogP contribution in [0.1, 0.15) is 0 Å². The van der Waals surface area contributed by atoms with Gasteiger partial charge in [0.1, 0.15) is 0 Å². The molecule has 1 aliphatic rings. The Morgan fingerprint density at radius 1 is 1.46 bits per heavy atom. The first kappa shape index (κ1) is 10.5. The van der Waals surface area contributed by atoms with Gasteiger partial charge >= 0.3 is 5.92 Å². The summed E-state index contributed by atoms with van der Waals surface area (Å²) in [6.07, 6.45) is 0. The van der Waals surface area contributed by atoms with Crippen LogP contribution in [-0.2, 0) is 4.79 Å². The molecular weight excluding hydrogens is 185 g/mol. The maximum Gasteiger partial charge on any atom is 0.334 e. The molecule has 1 fully saturated rings. The summed E-state index contributed by atoms with van der Waals surface area (Å²) >= 11 is 0. The van der Waals surface area contributed by atoms with Gasteiger partial charge in [-0.1, -0.05) is 0 Å². The third-order valence-corrected chi connectivity index (χ3v) is 1.89. The molecule has 0 radical (unpaired) electrons. The molecule has 1 heterocycles. The van der Waals surface area contributed by atoms with E-state index in [1.165, 1.54) is 0 Å². The van der Waals surface area contributed by atoms with Gasteiger partial charge < -0.3 is 10.6 Å². The van der Waals surface area contributed by atoms with E-state index in [-0.39, 0.29) is 6.54 Å². The first-order valence-electron chi connectivity index (χ1n) is 4.00. The van der Waals surface area contributed by atoms with Crippen molar-refractivity contribution < 1.29 is 18.0 Å². The third kappa shape index (κ3) is 2.41. The second kappa shape index (κ2) is 4.06. The predicted molar refractivity (Wildman–Crippen MR) is 40.6 cm³/mol. The van der Waals surface area contributed by atoms with E-state index in [4.69, 9.17) is 0 Å². The summed E-state index contributed by atoms with van der Waals surface area (Å²) in [5, 5.41) is 5.37. The lowest BCUT2D eigenvalue weighted by molar-refractivity contribution is -0.147. The summed E-state index contributed by atoms with van der Waals surface area (Å²) in [6, 6.07) is -0.973. The predicted octanol–water partition coefficient (Wildman–Crippen LogP) is -0.278. The standard InChI is InChI=1S/C7H11F3N2O/c8-4-7(9,10)6(13)5-3-11-1-2-12-5/h5,11-12H,1-4H2. The molecule has 13 heavy (non-hydrogen) atoms. The van der Waals surface area contributed by atoms with Gasteiger partial charge in [0, 0.05) is 19.6 Å². The van der Waals surface area contributed by atoms with E-state index < -0.39 is 24.4 Å². The molecule has 0 aromatic rings. The van der Waals surface area contributed by atoms with Crippen molar-refractivity contribution in [2.75, 3.05) is 26.3 Å². The fraction of sp³-hybridized carbons (Fsp3) is 0.857. The van der Waals surface area contributed by atoms with Crippen LogP contribution >= 0.6 is 0 Å². The van der Waals surface area contributed by atoms with E-state index >= 15 is 0 Å². The lowest BCUT2D eigenvalue weighted by Gasteiger charge is -2.25. The van der Waals surface area contributed by atoms with E-state index in [2.05, 4.69) is 10.6 Å². The summed E-state index contributed by atoms with van der Waals surface area (Å²) in [5.41, 5.74) is 0. The maximum atomic E-state index is 12.5. The van der Waals surface area contributed by atoms with E-state index in [0.717, 1.165) is 0 Å². The number of nitrogens with one attached hydrogen (secondary N) is 2. The van der Waals surface area contributed by atoms with Crippen molar-refractivity contribution >= 4 is 5.78 Å². The number of Topliss-reactive ketones (excluding diaryl/α,β-unsaturated/α-hetero) is 1. The first-order chi connectivity index (χ1) is 6.08. The van der Waals surface area contributed by atoms with Gasteiger partial charge in [0.2, 0.25) is 5.78 Å². The largest absolute Gasteiger partial charge is 0.334 e. The SMILES string of the molecule is O=C(C1CNCCN1)C(F)(F)CF. The van der Waals surface area contributed by atoms with Crippen molar-refractivity contribution in [1.82, 2.24) is 10.6 Å². The summed E-state index contributed by atoms with van der Waals surface area (Å²) in [6.45, 7) is -0.720. The molecule has 0 bridgehead atoms. The fourth-order valence-electron chi connectivity index (χ4n) is 1.16. The van der Waals surface area contributed by atoms with Crippen molar-refractivity contribution in [2.45, 2.75) is 12.0 Å². The van der Waals surface area contributed by atoms with E-state index in [1.807, 2.05) is 0 Å². The topological polar surface area (TPSA) is 41.1 Å². The van der Waals surface area contributed by atoms with Crippen LogP contribution < -0.4 is 10.6 Å². The highest BCUT2D eigenvalue weighted by Crippen LogP contribution is 2.17. The zero-order valence-corrected chi connectivity index (χ0v) is 6.95. The number of hydrogen-bond donors (Lipinski definition) is 2. The minimum Gasteiger partial charge on any atom is -0.313 e. The summed E-state index contributed by atoms with van der Waals surface area (Å²) in [5.74, 6) is -5.22. The molecule has 1 rings (SSSR count). The van der Waals surface area contributed by atoms with Crippen LogP contribution in [0.25, 0.3) is 0 Å². The van der Waals surface area contributed by atoms with Crippen molar-refractivity contribution in [1.29, 1.82) is 0 Å². The number of piperazine rings is 1. The van der Waals surface area contributed by atoms with Gasteiger partial charge in [-0.2, -0.15) is 8.78 Å². The van der Waals surface area contributed by atoms with Crippen molar-refractivity contribution in [3.63, 3.8) is 0 Å².